The fourth-order valence-electron chi connectivity index (χ4n) is 5.21. The van der Waals surface area contributed by atoms with Gasteiger partial charge >= 0.3 is 5.69 Å². The van der Waals surface area contributed by atoms with Crippen molar-refractivity contribution in [1.82, 2.24) is 13.7 Å². The molecule has 0 radical (unpaired) electrons. The van der Waals surface area contributed by atoms with E-state index in [4.69, 9.17) is 9.47 Å². The van der Waals surface area contributed by atoms with Crippen LogP contribution >= 0.6 is 0 Å². The molecule has 1 aliphatic heterocycles. The first-order valence-corrected chi connectivity index (χ1v) is 11.7. The van der Waals surface area contributed by atoms with Gasteiger partial charge in [-0.1, -0.05) is 48.5 Å². The maximum absolute atomic E-state index is 13.7. The second-order valence-corrected chi connectivity index (χ2v) is 9.05. The molecule has 5 aromatic rings. The summed E-state index contributed by atoms with van der Waals surface area (Å²) in [6, 6.07) is 23.4. The van der Waals surface area contributed by atoms with Gasteiger partial charge in [-0.3, -0.25) is 13.9 Å². The molecule has 0 aliphatic carbocycles. The van der Waals surface area contributed by atoms with Crippen LogP contribution in [-0.2, 0) is 14.1 Å². The van der Waals surface area contributed by atoms with E-state index in [2.05, 4.69) is 4.57 Å². The molecule has 36 heavy (non-hydrogen) atoms. The highest BCUT2D eigenvalue weighted by Gasteiger charge is 2.36. The van der Waals surface area contributed by atoms with Crippen molar-refractivity contribution in [2.24, 2.45) is 14.1 Å². The van der Waals surface area contributed by atoms with Crippen LogP contribution in [0.1, 0.15) is 22.9 Å². The summed E-state index contributed by atoms with van der Waals surface area (Å²) in [6.07, 6.45) is -0.552. The molecule has 2 aromatic heterocycles. The topological polar surface area (TPSA) is 67.4 Å². The monoisotopic (exact) mass is 479 g/mol. The molecule has 1 aliphatic rings. The molecule has 0 N–H and O–H groups in total. The van der Waals surface area contributed by atoms with Crippen molar-refractivity contribution in [2.75, 3.05) is 7.11 Å². The van der Waals surface area contributed by atoms with E-state index < -0.39 is 6.10 Å². The summed E-state index contributed by atoms with van der Waals surface area (Å²) in [5.41, 5.74) is 5.00. The van der Waals surface area contributed by atoms with Gasteiger partial charge in [0.2, 0.25) is 0 Å². The second-order valence-electron chi connectivity index (χ2n) is 9.05. The lowest BCUT2D eigenvalue weighted by atomic mass is 10.0. The first-order valence-electron chi connectivity index (χ1n) is 11.7. The standard InChI is InChI=1S/C29H25N3O4/c1-17-9-5-6-10-20(17)24-23-25(30(2)29(34)31(3)28(23)33)26-27(18-13-15-19(35-4)16-14-18)36-22-12-8-7-11-21(22)32(24)26/h5-16,27H,1-4H3. The molecular weight excluding hydrogens is 454 g/mol. The Morgan fingerprint density at radius 1 is 0.861 bits per heavy atom. The molecule has 0 saturated carbocycles. The zero-order chi connectivity index (χ0) is 25.1. The predicted octanol–water partition coefficient (Wildman–Crippen LogP) is 4.49. The quantitative estimate of drug-likeness (QED) is 0.382. The average Bonchev–Trinajstić information content (AvgIpc) is 3.27. The molecule has 0 spiro atoms. The maximum atomic E-state index is 13.7. The lowest BCUT2D eigenvalue weighted by Crippen LogP contribution is -2.37. The molecule has 180 valence electrons. The van der Waals surface area contributed by atoms with Crippen LogP contribution in [0.15, 0.2) is 82.4 Å². The molecule has 3 aromatic carbocycles. The minimum atomic E-state index is -0.552. The number of benzene rings is 3. The molecule has 0 fully saturated rings. The minimum absolute atomic E-state index is 0.334. The van der Waals surface area contributed by atoms with Gasteiger partial charge in [-0.25, -0.2) is 4.79 Å². The Hall–Kier alpha value is -4.52. The fraction of sp³-hybridized carbons (Fsp3) is 0.172. The minimum Gasteiger partial charge on any atom is -0.497 e. The Balaban J connectivity index is 1.84. The van der Waals surface area contributed by atoms with E-state index >= 15 is 0 Å². The molecule has 0 amide bonds. The maximum Gasteiger partial charge on any atom is 0.331 e. The first-order chi connectivity index (χ1) is 17.4. The van der Waals surface area contributed by atoms with Gasteiger partial charge in [0.25, 0.3) is 5.56 Å². The molecular formula is C29H25N3O4. The van der Waals surface area contributed by atoms with Gasteiger partial charge in [0.15, 0.2) is 6.10 Å². The molecule has 7 heteroatoms. The fourth-order valence-corrected chi connectivity index (χ4v) is 5.21. The van der Waals surface area contributed by atoms with Crippen LogP contribution in [0, 0.1) is 6.92 Å². The molecule has 6 rings (SSSR count). The summed E-state index contributed by atoms with van der Waals surface area (Å²) >= 11 is 0. The highest BCUT2D eigenvalue weighted by atomic mass is 16.5. The number of para-hydroxylation sites is 2. The lowest BCUT2D eigenvalue weighted by molar-refractivity contribution is 0.229. The third-order valence-electron chi connectivity index (χ3n) is 7.03. The number of nitrogens with zero attached hydrogens (tertiary/aromatic N) is 3. The van der Waals surface area contributed by atoms with E-state index in [1.165, 1.54) is 11.6 Å². The van der Waals surface area contributed by atoms with Crippen LogP contribution in [0.3, 0.4) is 0 Å². The van der Waals surface area contributed by atoms with Gasteiger partial charge < -0.3 is 14.0 Å². The summed E-state index contributed by atoms with van der Waals surface area (Å²) in [4.78, 5) is 26.9. The Morgan fingerprint density at radius 2 is 1.56 bits per heavy atom. The molecule has 0 bridgehead atoms. The van der Waals surface area contributed by atoms with Gasteiger partial charge in [0.05, 0.1) is 35.1 Å². The number of methoxy groups -OCH3 is 1. The van der Waals surface area contributed by atoms with E-state index in [0.717, 1.165) is 39.5 Å². The zero-order valence-electron chi connectivity index (χ0n) is 20.5. The average molecular weight is 480 g/mol. The molecule has 1 atom stereocenters. The molecule has 3 heterocycles. The van der Waals surface area contributed by atoms with Crippen molar-refractivity contribution in [3.05, 3.63) is 110 Å². The van der Waals surface area contributed by atoms with Crippen LogP contribution in [0.2, 0.25) is 0 Å². The zero-order valence-corrected chi connectivity index (χ0v) is 20.5. The van der Waals surface area contributed by atoms with Crippen molar-refractivity contribution in [3.8, 4) is 28.4 Å². The van der Waals surface area contributed by atoms with E-state index in [-0.39, 0.29) is 11.2 Å². The van der Waals surface area contributed by atoms with Crippen molar-refractivity contribution >= 4 is 10.9 Å². The number of aromatic nitrogens is 3. The van der Waals surface area contributed by atoms with Crippen molar-refractivity contribution in [2.45, 2.75) is 13.0 Å². The number of hydrogen-bond acceptors (Lipinski definition) is 4. The van der Waals surface area contributed by atoms with Crippen molar-refractivity contribution in [1.29, 1.82) is 0 Å². The van der Waals surface area contributed by atoms with Crippen LogP contribution in [0.25, 0.3) is 27.8 Å². The Labute approximate surface area is 207 Å². The van der Waals surface area contributed by atoms with Crippen LogP contribution < -0.4 is 20.7 Å². The highest BCUT2D eigenvalue weighted by Crippen LogP contribution is 2.47. The van der Waals surface area contributed by atoms with E-state index in [1.54, 1.807) is 18.7 Å². The summed E-state index contributed by atoms with van der Waals surface area (Å²) in [5.74, 6) is 1.43. The molecule has 7 nitrogen and oxygen atoms in total. The predicted molar refractivity (Wildman–Crippen MR) is 139 cm³/mol. The highest BCUT2D eigenvalue weighted by molar-refractivity contribution is 5.98. The second kappa shape index (κ2) is 8.02. The van der Waals surface area contributed by atoms with E-state index in [1.807, 2.05) is 79.7 Å². The van der Waals surface area contributed by atoms with Gasteiger partial charge in [-0.2, -0.15) is 0 Å². The molecule has 0 saturated heterocycles. The Bertz CT molecular complexity index is 1770. The van der Waals surface area contributed by atoms with Crippen molar-refractivity contribution < 1.29 is 9.47 Å². The van der Waals surface area contributed by atoms with Crippen LogP contribution in [-0.4, -0.2) is 20.8 Å². The largest absolute Gasteiger partial charge is 0.497 e. The lowest BCUT2D eigenvalue weighted by Gasteiger charge is -2.30. The Kier molecular flexibility index (Phi) is 4.89. The van der Waals surface area contributed by atoms with Crippen LogP contribution in [0.5, 0.6) is 11.5 Å². The van der Waals surface area contributed by atoms with E-state index in [9.17, 15) is 9.59 Å². The third-order valence-corrected chi connectivity index (χ3v) is 7.03. The summed E-state index contributed by atoms with van der Waals surface area (Å²) in [6.45, 7) is 2.03. The first kappa shape index (κ1) is 22.0. The summed E-state index contributed by atoms with van der Waals surface area (Å²) in [5, 5.41) is 0.489. The number of aryl methyl sites for hydroxylation is 2. The van der Waals surface area contributed by atoms with Gasteiger partial charge in [-0.15, -0.1) is 0 Å². The summed E-state index contributed by atoms with van der Waals surface area (Å²) in [7, 11) is 4.85. The molecule has 1 unspecified atom stereocenters. The number of rotatable bonds is 3. The number of ether oxygens (including phenoxy) is 2. The number of hydrogen-bond donors (Lipinski definition) is 0. The van der Waals surface area contributed by atoms with Gasteiger partial charge in [0.1, 0.15) is 11.5 Å². The van der Waals surface area contributed by atoms with Crippen LogP contribution in [0.4, 0.5) is 0 Å². The normalized spacial score (nSPS) is 14.3. The number of fused-ring (bicyclic) bond motifs is 5. The smallest absolute Gasteiger partial charge is 0.331 e. The van der Waals surface area contributed by atoms with Crippen molar-refractivity contribution in [3.63, 3.8) is 0 Å². The van der Waals surface area contributed by atoms with Gasteiger partial charge in [0, 0.05) is 19.7 Å². The van der Waals surface area contributed by atoms with Gasteiger partial charge in [-0.05, 0) is 42.3 Å². The van der Waals surface area contributed by atoms with E-state index in [0.29, 0.717) is 16.7 Å². The SMILES string of the molecule is COc1ccc(C2Oc3ccccc3-n3c(-c4ccccc4C)c4c(=O)n(C)c(=O)n(C)c4c32)cc1. The Morgan fingerprint density at radius 3 is 2.28 bits per heavy atom. The third kappa shape index (κ3) is 2.99. The summed E-state index contributed by atoms with van der Waals surface area (Å²) < 4.78 is 16.8.